The Hall–Kier alpha value is -4.56. The molecular weight excluding hydrogens is 592 g/mol. The van der Waals surface area contributed by atoms with Crippen LogP contribution in [0.4, 0.5) is 16.3 Å². The van der Waals surface area contributed by atoms with Gasteiger partial charge in [0.05, 0.1) is 34.2 Å². The molecule has 4 heterocycles. The summed E-state index contributed by atoms with van der Waals surface area (Å²) in [7, 11) is 1.47. The molecule has 4 aromatic rings. The van der Waals surface area contributed by atoms with Crippen LogP contribution < -0.4 is 15.5 Å². The van der Waals surface area contributed by atoms with Crippen molar-refractivity contribution in [2.45, 2.75) is 44.2 Å². The zero-order chi connectivity index (χ0) is 31.0. The van der Waals surface area contributed by atoms with E-state index in [9.17, 15) is 19.5 Å². The van der Waals surface area contributed by atoms with E-state index < -0.39 is 48.7 Å². The minimum atomic E-state index is -1.21. The van der Waals surface area contributed by atoms with Gasteiger partial charge in [-0.25, -0.2) is 19.6 Å². The Morgan fingerprint density at radius 2 is 1.80 bits per heavy atom. The molecule has 2 saturated heterocycles. The molecule has 13 nitrogen and oxygen atoms in total. The highest BCUT2D eigenvalue weighted by Gasteiger charge is 2.54. The average molecular weight is 621 g/mol. The highest BCUT2D eigenvalue weighted by molar-refractivity contribution is 6.34. The van der Waals surface area contributed by atoms with Crippen molar-refractivity contribution in [3.8, 4) is 0 Å². The van der Waals surface area contributed by atoms with E-state index in [1.165, 1.54) is 36.5 Å². The number of carboxylic acids is 1. The summed E-state index contributed by atoms with van der Waals surface area (Å²) in [6.07, 6.45) is -0.576. The molecule has 0 bridgehead atoms. The van der Waals surface area contributed by atoms with Gasteiger partial charge in [-0.15, -0.1) is 0 Å². The normalized spacial score (nSPS) is 22.5. The molecular formula is C30H29ClN6O7. The lowest BCUT2D eigenvalue weighted by molar-refractivity contribution is -0.152. The number of nitrogens with zero attached hydrogens (tertiary/aromatic N) is 4. The number of benzene rings is 2. The maximum Gasteiger partial charge on any atom is 0.337 e. The molecule has 0 saturated carbocycles. The molecule has 0 spiro atoms. The minimum absolute atomic E-state index is 0.0868. The molecule has 2 aliphatic heterocycles. The van der Waals surface area contributed by atoms with Crippen molar-refractivity contribution in [2.75, 3.05) is 23.8 Å². The second-order valence-electron chi connectivity index (χ2n) is 10.3. The molecule has 2 aromatic heterocycles. The van der Waals surface area contributed by atoms with E-state index in [0.717, 1.165) is 5.56 Å². The van der Waals surface area contributed by atoms with E-state index in [1.807, 2.05) is 37.3 Å². The SMILES string of the molecule is CCNC(=O)Nc1ncnc2c1ccn2C1OC(CC(=O)N(C)c2c(Cl)cccc2C(=O)O)C2O[C@H](c3ccccc3)OC21. The lowest BCUT2D eigenvalue weighted by Gasteiger charge is -2.24. The van der Waals surface area contributed by atoms with Crippen molar-refractivity contribution in [2.24, 2.45) is 0 Å². The molecule has 228 valence electrons. The molecule has 3 N–H and O–H groups in total. The van der Waals surface area contributed by atoms with Crippen LogP contribution in [0.3, 0.4) is 0 Å². The molecule has 0 aliphatic carbocycles. The third-order valence-electron chi connectivity index (χ3n) is 7.57. The minimum Gasteiger partial charge on any atom is -0.478 e. The molecule has 2 aromatic carbocycles. The lowest BCUT2D eigenvalue weighted by Crippen LogP contribution is -2.36. The van der Waals surface area contributed by atoms with Crippen molar-refractivity contribution in [1.82, 2.24) is 19.9 Å². The zero-order valence-electron chi connectivity index (χ0n) is 23.7. The van der Waals surface area contributed by atoms with Crippen molar-refractivity contribution in [3.63, 3.8) is 0 Å². The molecule has 44 heavy (non-hydrogen) atoms. The first-order chi connectivity index (χ1) is 21.3. The fourth-order valence-electron chi connectivity index (χ4n) is 5.54. The Kier molecular flexibility index (Phi) is 8.19. The van der Waals surface area contributed by atoms with Crippen molar-refractivity contribution < 1.29 is 33.7 Å². The highest BCUT2D eigenvalue weighted by atomic mass is 35.5. The van der Waals surface area contributed by atoms with Crippen molar-refractivity contribution in [1.29, 1.82) is 0 Å². The first-order valence-electron chi connectivity index (χ1n) is 13.9. The van der Waals surface area contributed by atoms with Crippen LogP contribution in [0.2, 0.25) is 5.02 Å². The summed E-state index contributed by atoms with van der Waals surface area (Å²) in [6.45, 7) is 2.26. The molecule has 0 radical (unpaired) electrons. The number of carbonyl (C=O) groups excluding carboxylic acids is 2. The maximum atomic E-state index is 13.6. The first kappa shape index (κ1) is 29.5. The van der Waals surface area contributed by atoms with Gasteiger partial charge in [0.15, 0.2) is 12.5 Å². The van der Waals surface area contributed by atoms with E-state index >= 15 is 0 Å². The Morgan fingerprint density at radius 1 is 1.02 bits per heavy atom. The Labute approximate surface area is 256 Å². The van der Waals surface area contributed by atoms with Gasteiger partial charge in [-0.05, 0) is 25.1 Å². The average Bonchev–Trinajstić information content (AvgIpc) is 3.72. The number of carbonyl (C=O) groups is 3. The summed E-state index contributed by atoms with van der Waals surface area (Å²) in [4.78, 5) is 47.5. The van der Waals surface area contributed by atoms with E-state index in [-0.39, 0.29) is 22.7 Å². The van der Waals surface area contributed by atoms with E-state index in [0.29, 0.717) is 23.4 Å². The molecule has 4 unspecified atom stereocenters. The number of ether oxygens (including phenoxy) is 3. The highest BCUT2D eigenvalue weighted by Crippen LogP contribution is 2.46. The van der Waals surface area contributed by atoms with Crippen LogP contribution in [-0.2, 0) is 19.0 Å². The number of para-hydroxylation sites is 1. The quantitative estimate of drug-likeness (QED) is 0.260. The predicted molar refractivity (Wildman–Crippen MR) is 160 cm³/mol. The second kappa shape index (κ2) is 12.2. The Bertz CT molecular complexity index is 1720. The van der Waals surface area contributed by atoms with Gasteiger partial charge in [0.1, 0.15) is 30.0 Å². The Balaban J connectivity index is 1.31. The molecule has 6 rings (SSSR count). The first-order valence-corrected chi connectivity index (χ1v) is 14.3. The van der Waals surface area contributed by atoms with E-state index in [2.05, 4.69) is 20.6 Å². The summed E-state index contributed by atoms with van der Waals surface area (Å²) in [6, 6.07) is 15.2. The van der Waals surface area contributed by atoms with Gasteiger partial charge in [0.2, 0.25) is 5.91 Å². The monoisotopic (exact) mass is 620 g/mol. The fraction of sp³-hybridized carbons (Fsp3) is 0.300. The van der Waals surface area contributed by atoms with Crippen LogP contribution in [0.25, 0.3) is 11.0 Å². The number of hydrogen-bond donors (Lipinski definition) is 3. The number of carboxylic acid groups (broad SMARTS) is 1. The number of rotatable bonds is 8. The van der Waals surface area contributed by atoms with Crippen LogP contribution >= 0.6 is 11.6 Å². The van der Waals surface area contributed by atoms with Gasteiger partial charge in [-0.3, -0.25) is 10.1 Å². The summed E-state index contributed by atoms with van der Waals surface area (Å²) >= 11 is 6.33. The van der Waals surface area contributed by atoms with Crippen LogP contribution in [0.1, 0.15) is 41.8 Å². The molecule has 3 amide bonds. The smallest absolute Gasteiger partial charge is 0.337 e. The molecule has 2 aliphatic rings. The van der Waals surface area contributed by atoms with Crippen LogP contribution in [-0.4, -0.2) is 69.5 Å². The maximum absolute atomic E-state index is 13.6. The molecule has 2 fully saturated rings. The van der Waals surface area contributed by atoms with Crippen LogP contribution in [0.15, 0.2) is 67.1 Å². The Morgan fingerprint density at radius 3 is 2.55 bits per heavy atom. The molecule has 5 atom stereocenters. The van der Waals surface area contributed by atoms with Crippen molar-refractivity contribution in [3.05, 3.63) is 83.3 Å². The van der Waals surface area contributed by atoms with Gasteiger partial charge < -0.3 is 34.1 Å². The van der Waals surface area contributed by atoms with Gasteiger partial charge in [-0.2, -0.15) is 0 Å². The number of hydrogen-bond acceptors (Lipinski definition) is 8. The zero-order valence-corrected chi connectivity index (χ0v) is 24.5. The number of nitrogens with one attached hydrogen (secondary N) is 2. The largest absolute Gasteiger partial charge is 0.478 e. The predicted octanol–water partition coefficient (Wildman–Crippen LogP) is 4.36. The molecule has 14 heteroatoms. The third kappa shape index (κ3) is 5.46. The number of fused-ring (bicyclic) bond motifs is 2. The van der Waals surface area contributed by atoms with Gasteiger partial charge in [-0.1, -0.05) is 48.0 Å². The number of urea groups is 1. The van der Waals surface area contributed by atoms with E-state index in [4.69, 9.17) is 25.8 Å². The summed E-state index contributed by atoms with van der Waals surface area (Å²) in [5.41, 5.74) is 1.27. The second-order valence-corrected chi connectivity index (χ2v) is 10.7. The van der Waals surface area contributed by atoms with Gasteiger partial charge in [0.25, 0.3) is 0 Å². The summed E-state index contributed by atoms with van der Waals surface area (Å²) < 4.78 is 21.0. The standard InChI is InChI=1S/C30H29ClN6O7/c1-3-32-30(41)35-25-18-12-13-37(26(18)34-15-33-25)27-24-23(43-29(44-24)16-8-5-4-6-9-16)20(42-27)14-21(38)36(2)22-17(28(39)40)10-7-11-19(22)31/h4-13,15,20,23-24,27,29H,3,14H2,1-2H3,(H,39,40)(H2,32,33,34,35,41)/t20?,23?,24?,27?,29-/m0/s1. The lowest BCUT2D eigenvalue weighted by atomic mass is 10.1. The summed E-state index contributed by atoms with van der Waals surface area (Å²) in [5.74, 6) is -1.31. The van der Waals surface area contributed by atoms with Gasteiger partial charge in [0, 0.05) is 25.4 Å². The summed E-state index contributed by atoms with van der Waals surface area (Å²) in [5, 5.41) is 15.8. The van der Waals surface area contributed by atoms with Gasteiger partial charge >= 0.3 is 12.0 Å². The number of halogens is 1. The topological polar surface area (TPSA) is 157 Å². The van der Waals surface area contributed by atoms with E-state index in [1.54, 1.807) is 16.8 Å². The van der Waals surface area contributed by atoms with Crippen LogP contribution in [0, 0.1) is 0 Å². The fourth-order valence-corrected chi connectivity index (χ4v) is 5.84. The number of anilines is 2. The van der Waals surface area contributed by atoms with Crippen LogP contribution in [0.5, 0.6) is 0 Å². The number of aromatic carboxylic acids is 1. The number of aromatic nitrogens is 3. The third-order valence-corrected chi connectivity index (χ3v) is 7.88. The van der Waals surface area contributed by atoms with Crippen molar-refractivity contribution >= 4 is 52.0 Å². The number of amides is 3.